The van der Waals surface area contributed by atoms with Gasteiger partial charge in [0, 0.05) is 12.8 Å². The van der Waals surface area contributed by atoms with Gasteiger partial charge in [0.15, 0.2) is 0 Å². The molecule has 0 rings (SSSR count). The van der Waals surface area contributed by atoms with Crippen molar-refractivity contribution >= 4 is 11.9 Å². The fourth-order valence-corrected chi connectivity index (χ4v) is 7.05. The lowest BCUT2D eigenvalue weighted by Crippen LogP contribution is -2.28. The fraction of sp³-hybridized carbons (Fsp3) is 0.956. The first-order valence-electron chi connectivity index (χ1n) is 22.8. The molecule has 2 N–H and O–H groups in total. The highest BCUT2D eigenvalue weighted by molar-refractivity contribution is 5.69. The number of carbonyl (C=O) groups excluding carboxylic acids is 2. The van der Waals surface area contributed by atoms with Gasteiger partial charge < -0.3 is 20.1 Å². The summed E-state index contributed by atoms with van der Waals surface area (Å²) >= 11 is 0. The highest BCUT2D eigenvalue weighted by atomic mass is 16.5. The van der Waals surface area contributed by atoms with Gasteiger partial charge in [0.25, 0.3) is 0 Å². The zero-order valence-corrected chi connectivity index (χ0v) is 34.8. The van der Waals surface area contributed by atoms with Crippen LogP contribution >= 0.6 is 0 Å². The second kappa shape index (κ2) is 41.6. The Morgan fingerprint density at radius 2 is 0.824 bits per heavy atom. The van der Waals surface area contributed by atoms with E-state index >= 15 is 0 Å². The molecule has 0 saturated heterocycles. The van der Waals surface area contributed by atoms with Gasteiger partial charge in [-0.1, -0.05) is 162 Å². The number of unbranched alkanes of at least 4 members (excludes halogenated alkanes) is 24. The number of rotatable bonds is 42. The Labute approximate surface area is 318 Å². The van der Waals surface area contributed by atoms with Gasteiger partial charge in [-0.15, -0.1) is 0 Å². The van der Waals surface area contributed by atoms with E-state index in [0.717, 1.165) is 84.0 Å². The van der Waals surface area contributed by atoms with Crippen molar-refractivity contribution in [2.45, 2.75) is 245 Å². The summed E-state index contributed by atoms with van der Waals surface area (Å²) in [7, 11) is 0. The smallest absolute Gasteiger partial charge is 0.306 e. The van der Waals surface area contributed by atoms with Crippen LogP contribution in [0.4, 0.5) is 0 Å². The number of nitrogens with zero attached hydrogens (tertiary/aromatic N) is 1. The van der Waals surface area contributed by atoms with Gasteiger partial charge in [0.05, 0.1) is 6.61 Å². The van der Waals surface area contributed by atoms with Crippen LogP contribution in [0.1, 0.15) is 239 Å². The summed E-state index contributed by atoms with van der Waals surface area (Å²) in [6, 6.07) is 0. The van der Waals surface area contributed by atoms with Gasteiger partial charge in [-0.3, -0.25) is 9.59 Å². The van der Waals surface area contributed by atoms with Gasteiger partial charge in [-0.2, -0.15) is 0 Å². The summed E-state index contributed by atoms with van der Waals surface area (Å²) in [4.78, 5) is 27.3. The Morgan fingerprint density at radius 3 is 1.29 bits per heavy atom. The lowest BCUT2D eigenvalue weighted by molar-refractivity contribution is -0.150. The molecule has 0 atom stereocenters. The molecule has 0 aromatic heterocycles. The van der Waals surface area contributed by atoms with Crippen LogP contribution in [0.3, 0.4) is 0 Å². The van der Waals surface area contributed by atoms with Gasteiger partial charge in [0.2, 0.25) is 0 Å². The first kappa shape index (κ1) is 49.9. The Morgan fingerprint density at radius 1 is 0.451 bits per heavy atom. The van der Waals surface area contributed by atoms with E-state index in [4.69, 9.17) is 15.2 Å². The molecule has 0 fully saturated rings. The molecule has 0 aromatic carbocycles. The third kappa shape index (κ3) is 38.4. The number of hydrogen-bond acceptors (Lipinski definition) is 6. The monoisotopic (exact) mass is 723 g/mol. The summed E-state index contributed by atoms with van der Waals surface area (Å²) < 4.78 is 11.5. The summed E-state index contributed by atoms with van der Waals surface area (Å²) in [5.74, 6) is 0.0210. The van der Waals surface area contributed by atoms with Crippen LogP contribution in [0, 0.1) is 0 Å². The number of ether oxygens (including phenoxy) is 2. The summed E-state index contributed by atoms with van der Waals surface area (Å²) in [6.45, 7) is 11.5. The Balaban J connectivity index is 4.01. The van der Waals surface area contributed by atoms with E-state index in [9.17, 15) is 9.59 Å². The van der Waals surface area contributed by atoms with E-state index in [1.165, 1.54) is 148 Å². The van der Waals surface area contributed by atoms with Crippen LogP contribution in [0.25, 0.3) is 0 Å². The molecule has 0 saturated carbocycles. The maximum atomic E-state index is 12.7. The highest BCUT2D eigenvalue weighted by Crippen LogP contribution is 2.18. The largest absolute Gasteiger partial charge is 0.466 e. The molecule has 51 heavy (non-hydrogen) atoms. The first-order chi connectivity index (χ1) is 25.1. The molecule has 0 aliphatic heterocycles. The lowest BCUT2D eigenvalue weighted by Gasteiger charge is -2.22. The van der Waals surface area contributed by atoms with Crippen molar-refractivity contribution in [1.29, 1.82) is 0 Å². The Kier molecular flexibility index (Phi) is 40.7. The molecule has 6 heteroatoms. The number of esters is 2. The lowest BCUT2D eigenvalue weighted by atomic mass is 10.0. The standard InChI is InChI=1S/C45H90N2O4/c1-4-7-10-13-16-21-28-36-44(48)50-42-32-25-18-24-31-40-47(41-33-38-46)39-30-23-17-22-29-37-45(49)51-43(34-26-19-14-11-8-5-2)35-27-20-15-12-9-6-3/h43H,4-42,46H2,1-3H3. The van der Waals surface area contributed by atoms with Gasteiger partial charge >= 0.3 is 11.9 Å². The van der Waals surface area contributed by atoms with E-state index < -0.39 is 0 Å². The summed E-state index contributed by atoms with van der Waals surface area (Å²) in [6.07, 6.45) is 40.0. The predicted octanol–water partition coefficient (Wildman–Crippen LogP) is 13.0. The maximum absolute atomic E-state index is 12.7. The SMILES string of the molecule is CCCCCCCCCC(=O)OCCCCCCCN(CCCN)CCCCCCCC(=O)OC(CCCCCCCC)CCCCCCCC. The van der Waals surface area contributed by atoms with Gasteiger partial charge in [-0.05, 0) is 90.4 Å². The molecule has 0 aliphatic carbocycles. The molecule has 0 bridgehead atoms. The topological polar surface area (TPSA) is 81.9 Å². The minimum atomic E-state index is -0.0112. The molecule has 0 spiro atoms. The van der Waals surface area contributed by atoms with E-state index in [-0.39, 0.29) is 18.0 Å². The Bertz CT molecular complexity index is 702. The zero-order valence-electron chi connectivity index (χ0n) is 34.8. The third-order valence-corrected chi connectivity index (χ3v) is 10.5. The van der Waals surface area contributed by atoms with Crippen LogP contribution in [0.5, 0.6) is 0 Å². The zero-order chi connectivity index (χ0) is 37.3. The van der Waals surface area contributed by atoms with Crippen LogP contribution in [0.15, 0.2) is 0 Å². The van der Waals surface area contributed by atoms with Crippen molar-refractivity contribution in [2.24, 2.45) is 5.73 Å². The molecule has 0 radical (unpaired) electrons. The van der Waals surface area contributed by atoms with Crippen molar-refractivity contribution in [3.8, 4) is 0 Å². The second-order valence-corrected chi connectivity index (χ2v) is 15.6. The predicted molar refractivity (Wildman–Crippen MR) is 220 cm³/mol. The van der Waals surface area contributed by atoms with Crippen molar-refractivity contribution in [3.05, 3.63) is 0 Å². The molecule has 0 amide bonds. The van der Waals surface area contributed by atoms with Crippen molar-refractivity contribution in [1.82, 2.24) is 4.90 Å². The van der Waals surface area contributed by atoms with Crippen LogP contribution in [-0.4, -0.2) is 55.7 Å². The molecule has 6 nitrogen and oxygen atoms in total. The van der Waals surface area contributed by atoms with E-state index in [1.807, 2.05) is 0 Å². The average molecular weight is 723 g/mol. The average Bonchev–Trinajstić information content (AvgIpc) is 3.13. The van der Waals surface area contributed by atoms with Crippen molar-refractivity contribution < 1.29 is 19.1 Å². The molecule has 0 aliphatic rings. The number of carbonyl (C=O) groups is 2. The molecule has 0 unspecified atom stereocenters. The quantitative estimate of drug-likeness (QED) is 0.0499. The normalized spacial score (nSPS) is 11.6. The van der Waals surface area contributed by atoms with Gasteiger partial charge in [-0.25, -0.2) is 0 Å². The molecular formula is C45H90N2O4. The molecule has 0 aromatic rings. The minimum absolute atomic E-state index is 0.0112. The van der Waals surface area contributed by atoms with E-state index in [1.54, 1.807) is 0 Å². The summed E-state index contributed by atoms with van der Waals surface area (Å²) in [5, 5.41) is 0. The molecule has 0 heterocycles. The van der Waals surface area contributed by atoms with Crippen molar-refractivity contribution in [2.75, 3.05) is 32.8 Å². The van der Waals surface area contributed by atoms with Gasteiger partial charge in [0.1, 0.15) is 6.10 Å². The van der Waals surface area contributed by atoms with Crippen LogP contribution < -0.4 is 5.73 Å². The Hall–Kier alpha value is -1.14. The minimum Gasteiger partial charge on any atom is -0.466 e. The molecule has 304 valence electrons. The number of hydrogen-bond donors (Lipinski definition) is 1. The highest BCUT2D eigenvalue weighted by Gasteiger charge is 2.14. The first-order valence-corrected chi connectivity index (χ1v) is 22.8. The van der Waals surface area contributed by atoms with E-state index in [2.05, 4.69) is 25.7 Å². The maximum Gasteiger partial charge on any atom is 0.306 e. The summed E-state index contributed by atoms with van der Waals surface area (Å²) in [5.41, 5.74) is 5.83. The second-order valence-electron chi connectivity index (χ2n) is 15.6. The number of nitrogens with two attached hydrogens (primary N) is 1. The molecular weight excluding hydrogens is 633 g/mol. The fourth-order valence-electron chi connectivity index (χ4n) is 7.05. The van der Waals surface area contributed by atoms with Crippen LogP contribution in [0.2, 0.25) is 0 Å². The third-order valence-electron chi connectivity index (χ3n) is 10.5. The van der Waals surface area contributed by atoms with E-state index in [0.29, 0.717) is 19.4 Å². The van der Waals surface area contributed by atoms with Crippen LogP contribution in [-0.2, 0) is 19.1 Å². The van der Waals surface area contributed by atoms with Crippen molar-refractivity contribution in [3.63, 3.8) is 0 Å².